The molecule has 0 aliphatic carbocycles. The summed E-state index contributed by atoms with van der Waals surface area (Å²) in [6.45, 7) is 5.05. The van der Waals surface area contributed by atoms with Crippen molar-refractivity contribution in [2.75, 3.05) is 13.1 Å². The molecule has 148 valence electrons. The summed E-state index contributed by atoms with van der Waals surface area (Å²) < 4.78 is 0. The quantitative estimate of drug-likeness (QED) is 0.443. The van der Waals surface area contributed by atoms with E-state index >= 15 is 0 Å². The molecule has 1 fully saturated rings. The van der Waals surface area contributed by atoms with E-state index in [9.17, 15) is 15.4 Å². The topological polar surface area (TPSA) is 121 Å². The average Bonchev–Trinajstić information content (AvgIpc) is 2.67. The van der Waals surface area contributed by atoms with Gasteiger partial charge in [-0.15, -0.1) is 0 Å². The van der Waals surface area contributed by atoms with Gasteiger partial charge in [0.2, 0.25) is 0 Å². The molecule has 3 N–H and O–H groups in total. The Balaban J connectivity index is 1.98. The molecular formula is C20H19ClN6O2. The van der Waals surface area contributed by atoms with Crippen LogP contribution in [0.2, 0.25) is 5.15 Å². The van der Waals surface area contributed by atoms with Crippen LogP contribution >= 0.6 is 11.6 Å². The lowest BCUT2D eigenvalue weighted by Crippen LogP contribution is -2.53. The molecule has 8 nitrogen and oxygen atoms in total. The largest absolute Gasteiger partial charge is 0.384 e. The van der Waals surface area contributed by atoms with E-state index in [1.165, 1.54) is 0 Å². The molecule has 0 radical (unpaired) electrons. The van der Waals surface area contributed by atoms with Crippen molar-refractivity contribution < 1.29 is 4.92 Å². The molecule has 29 heavy (non-hydrogen) atoms. The molecule has 2 aromatic rings. The predicted molar refractivity (Wildman–Crippen MR) is 109 cm³/mol. The number of halogens is 1. The van der Waals surface area contributed by atoms with Crippen LogP contribution in [-0.2, 0) is 0 Å². The van der Waals surface area contributed by atoms with Crippen molar-refractivity contribution in [3.8, 4) is 6.07 Å². The molecule has 0 bridgehead atoms. The first-order chi connectivity index (χ1) is 13.7. The second-order valence-corrected chi connectivity index (χ2v) is 8.36. The van der Waals surface area contributed by atoms with Crippen LogP contribution in [0.1, 0.15) is 25.3 Å². The van der Waals surface area contributed by atoms with Gasteiger partial charge in [0.25, 0.3) is 5.70 Å². The van der Waals surface area contributed by atoms with Gasteiger partial charge in [-0.2, -0.15) is 5.26 Å². The van der Waals surface area contributed by atoms with E-state index in [-0.39, 0.29) is 27.7 Å². The molecule has 4 rings (SSSR count). The smallest absolute Gasteiger partial charge is 0.299 e. The maximum atomic E-state index is 12.1. The van der Waals surface area contributed by atoms with Crippen LogP contribution in [0.3, 0.4) is 0 Å². The van der Waals surface area contributed by atoms with Crippen molar-refractivity contribution in [2.45, 2.75) is 19.8 Å². The number of fused-ring (bicyclic) bond motifs is 2. The molecule has 1 atom stereocenters. The van der Waals surface area contributed by atoms with Gasteiger partial charge in [0.05, 0.1) is 22.1 Å². The van der Waals surface area contributed by atoms with Crippen molar-refractivity contribution in [3.63, 3.8) is 0 Å². The maximum absolute atomic E-state index is 12.1. The van der Waals surface area contributed by atoms with Gasteiger partial charge in [0.1, 0.15) is 16.9 Å². The number of allylic oxidation sites excluding steroid dienone is 1. The molecule has 0 amide bonds. The number of nitrogens with zero attached hydrogens (tertiary/aromatic N) is 4. The maximum Gasteiger partial charge on any atom is 0.299 e. The fraction of sp³-hybridized carbons (Fsp3) is 0.300. The Morgan fingerprint density at radius 2 is 2.17 bits per heavy atom. The summed E-state index contributed by atoms with van der Waals surface area (Å²) in [6.07, 6.45) is 0. The molecule has 2 aliphatic heterocycles. The van der Waals surface area contributed by atoms with Gasteiger partial charge in [-0.3, -0.25) is 10.1 Å². The van der Waals surface area contributed by atoms with Crippen molar-refractivity contribution in [2.24, 2.45) is 11.1 Å². The van der Waals surface area contributed by atoms with E-state index in [0.29, 0.717) is 30.0 Å². The number of rotatable bonds is 2. The standard InChI is InChI=1S/C20H19ClN6O2/c1-20(2)9-24-19-16(27(28)29)15(13(8-22)18(23)26(19)10-20)12-7-11-5-3-4-6-14(11)25-17(12)21/h3-7,15,24H,9-10,23H2,1-2H3. The van der Waals surface area contributed by atoms with Crippen LogP contribution in [0.15, 0.2) is 53.2 Å². The lowest BCUT2D eigenvalue weighted by molar-refractivity contribution is -0.432. The van der Waals surface area contributed by atoms with Crippen LogP contribution in [0, 0.1) is 26.9 Å². The average molecular weight is 411 g/mol. The molecular weight excluding hydrogens is 392 g/mol. The highest BCUT2D eigenvalue weighted by Gasteiger charge is 2.47. The SMILES string of the molecule is CC1(C)CNC2=C([N+](=O)[O-])C(c3cc4ccccc4nc3Cl)C(C#N)=C(N)N2C1. The van der Waals surface area contributed by atoms with E-state index in [4.69, 9.17) is 17.3 Å². The minimum atomic E-state index is -1.01. The van der Waals surface area contributed by atoms with Gasteiger partial charge in [-0.1, -0.05) is 43.6 Å². The van der Waals surface area contributed by atoms with Gasteiger partial charge in [0, 0.05) is 29.5 Å². The van der Waals surface area contributed by atoms with Gasteiger partial charge < -0.3 is 16.0 Å². The first-order valence-corrected chi connectivity index (χ1v) is 9.46. The molecule has 1 aromatic carbocycles. The Morgan fingerprint density at radius 3 is 2.86 bits per heavy atom. The molecule has 1 aromatic heterocycles. The van der Waals surface area contributed by atoms with Crippen molar-refractivity contribution >= 4 is 22.5 Å². The summed E-state index contributed by atoms with van der Waals surface area (Å²) in [5.74, 6) is -0.512. The Morgan fingerprint density at radius 1 is 1.45 bits per heavy atom. The number of benzene rings is 1. The second kappa shape index (κ2) is 6.64. The van der Waals surface area contributed by atoms with Crippen LogP contribution < -0.4 is 11.1 Å². The molecule has 3 heterocycles. The number of pyridine rings is 1. The highest BCUT2D eigenvalue weighted by Crippen LogP contribution is 2.44. The Labute approximate surface area is 172 Å². The summed E-state index contributed by atoms with van der Waals surface area (Å²) in [4.78, 5) is 17.7. The minimum Gasteiger partial charge on any atom is -0.384 e. The number of hydrogen-bond acceptors (Lipinski definition) is 7. The van der Waals surface area contributed by atoms with Gasteiger partial charge in [0.15, 0.2) is 5.82 Å². The van der Waals surface area contributed by atoms with Crippen molar-refractivity contribution in [3.05, 3.63) is 74.1 Å². The molecule has 1 saturated heterocycles. The summed E-state index contributed by atoms with van der Waals surface area (Å²) in [7, 11) is 0. The summed E-state index contributed by atoms with van der Waals surface area (Å²) in [5.41, 5.74) is 7.17. The second-order valence-electron chi connectivity index (χ2n) is 8.00. The molecule has 0 spiro atoms. The molecule has 9 heteroatoms. The van der Waals surface area contributed by atoms with E-state index in [2.05, 4.69) is 16.4 Å². The van der Waals surface area contributed by atoms with E-state index in [1.54, 1.807) is 17.0 Å². The lowest BCUT2D eigenvalue weighted by Gasteiger charge is -2.44. The first kappa shape index (κ1) is 19.0. The fourth-order valence-electron chi connectivity index (χ4n) is 3.91. The zero-order valence-corrected chi connectivity index (χ0v) is 16.7. The molecule has 0 saturated carbocycles. The zero-order chi connectivity index (χ0) is 20.9. The van der Waals surface area contributed by atoms with Crippen molar-refractivity contribution in [1.82, 2.24) is 15.2 Å². The third-order valence-electron chi connectivity index (χ3n) is 5.29. The summed E-state index contributed by atoms with van der Waals surface area (Å²) in [5, 5.41) is 26.1. The number of aromatic nitrogens is 1. The minimum absolute atomic E-state index is 0.0962. The normalized spacial score (nSPS) is 20.9. The van der Waals surface area contributed by atoms with Crippen molar-refractivity contribution in [1.29, 1.82) is 5.26 Å². The predicted octanol–water partition coefficient (Wildman–Crippen LogP) is 3.06. The highest BCUT2D eigenvalue weighted by molar-refractivity contribution is 6.30. The van der Waals surface area contributed by atoms with Gasteiger partial charge in [-0.25, -0.2) is 4.98 Å². The van der Waals surface area contributed by atoms with Gasteiger partial charge >= 0.3 is 0 Å². The fourth-order valence-corrected chi connectivity index (χ4v) is 4.17. The van der Waals surface area contributed by atoms with E-state index in [1.807, 2.05) is 32.0 Å². The van der Waals surface area contributed by atoms with E-state index < -0.39 is 10.8 Å². The van der Waals surface area contributed by atoms with E-state index in [0.717, 1.165) is 5.39 Å². The van der Waals surface area contributed by atoms with Crippen LogP contribution in [0.25, 0.3) is 10.9 Å². The number of nitrogens with one attached hydrogen (secondary N) is 1. The number of para-hydroxylation sites is 1. The van der Waals surface area contributed by atoms with Gasteiger partial charge in [-0.05, 0) is 12.1 Å². The number of hydrogen-bond donors (Lipinski definition) is 2. The number of nitro groups is 1. The highest BCUT2D eigenvalue weighted by atomic mass is 35.5. The summed E-state index contributed by atoms with van der Waals surface area (Å²) >= 11 is 6.43. The lowest BCUT2D eigenvalue weighted by atomic mass is 9.83. The third-order valence-corrected chi connectivity index (χ3v) is 5.60. The zero-order valence-electron chi connectivity index (χ0n) is 15.9. The number of nitrogens with two attached hydrogens (primary N) is 1. The summed E-state index contributed by atoms with van der Waals surface area (Å²) in [6, 6.07) is 11.2. The van der Waals surface area contributed by atoms with Crippen LogP contribution in [0.4, 0.5) is 0 Å². The van der Waals surface area contributed by atoms with Crippen LogP contribution in [0.5, 0.6) is 0 Å². The van der Waals surface area contributed by atoms with Crippen LogP contribution in [-0.4, -0.2) is 27.9 Å². The molecule has 2 aliphatic rings. The molecule has 1 unspecified atom stereocenters. The first-order valence-electron chi connectivity index (χ1n) is 9.08. The Hall–Kier alpha value is -3.31. The monoisotopic (exact) mass is 410 g/mol. The number of nitriles is 1. The Bertz CT molecular complexity index is 1150. The third kappa shape index (κ3) is 3.04. The Kier molecular flexibility index (Phi) is 4.35.